The molecule has 5 nitrogen and oxygen atoms in total. The molecule has 0 spiro atoms. The van der Waals surface area contributed by atoms with Crippen molar-refractivity contribution in [3.8, 4) is 0 Å². The number of carbonyl (C=O) groups excluding carboxylic acids is 2. The van der Waals surface area contributed by atoms with E-state index in [9.17, 15) is 22.8 Å². The third kappa shape index (κ3) is 3.55. The van der Waals surface area contributed by atoms with E-state index < -0.39 is 11.7 Å². The van der Waals surface area contributed by atoms with Gasteiger partial charge < -0.3 is 4.90 Å². The molecule has 0 aliphatic carbocycles. The molecule has 0 bridgehead atoms. The van der Waals surface area contributed by atoms with Gasteiger partial charge in [0, 0.05) is 25.1 Å². The molecule has 142 valence electrons. The highest BCUT2D eigenvalue weighted by Gasteiger charge is 2.48. The second-order valence-corrected chi connectivity index (χ2v) is 7.78. The van der Waals surface area contributed by atoms with Gasteiger partial charge in [-0.05, 0) is 30.7 Å². The van der Waals surface area contributed by atoms with E-state index in [-0.39, 0.29) is 29.3 Å². The molecule has 3 unspecified atom stereocenters. The number of piperidine rings is 1. The molecular formula is C17H20F3N3O2S. The zero-order valence-corrected chi connectivity index (χ0v) is 15.2. The van der Waals surface area contributed by atoms with Crippen molar-refractivity contribution in [1.29, 1.82) is 0 Å². The summed E-state index contributed by atoms with van der Waals surface area (Å²) in [4.78, 5) is 27.4. The van der Waals surface area contributed by atoms with Crippen LogP contribution in [0.2, 0.25) is 0 Å². The summed E-state index contributed by atoms with van der Waals surface area (Å²) in [5.74, 6) is -0.0631. The number of thioether (sulfide) groups is 1. The molecule has 2 fully saturated rings. The van der Waals surface area contributed by atoms with E-state index in [1.54, 1.807) is 18.8 Å². The number of halogens is 3. The van der Waals surface area contributed by atoms with E-state index in [4.69, 9.17) is 0 Å². The van der Waals surface area contributed by atoms with E-state index >= 15 is 0 Å². The number of alkyl halides is 3. The van der Waals surface area contributed by atoms with Crippen LogP contribution in [-0.4, -0.2) is 53.8 Å². The van der Waals surface area contributed by atoms with E-state index in [0.29, 0.717) is 12.3 Å². The maximum absolute atomic E-state index is 12.6. The van der Waals surface area contributed by atoms with Gasteiger partial charge in [0.05, 0.1) is 17.6 Å². The summed E-state index contributed by atoms with van der Waals surface area (Å²) in [6.07, 6.45) is -3.93. The van der Waals surface area contributed by atoms with Crippen LogP contribution in [0.25, 0.3) is 0 Å². The van der Waals surface area contributed by atoms with Gasteiger partial charge in [-0.15, -0.1) is 0 Å². The Morgan fingerprint density at radius 3 is 2.46 bits per heavy atom. The molecule has 2 aliphatic rings. The zero-order valence-electron chi connectivity index (χ0n) is 14.4. The van der Waals surface area contributed by atoms with Crippen LogP contribution in [0.1, 0.15) is 17.5 Å². The first kappa shape index (κ1) is 19.0. The van der Waals surface area contributed by atoms with Crippen LogP contribution in [-0.2, 0) is 16.7 Å². The molecule has 0 aromatic heterocycles. The van der Waals surface area contributed by atoms with Crippen LogP contribution in [0.15, 0.2) is 24.3 Å². The Morgan fingerprint density at radius 2 is 1.85 bits per heavy atom. The van der Waals surface area contributed by atoms with Crippen molar-refractivity contribution >= 4 is 23.7 Å². The normalized spacial score (nSPS) is 26.9. The Bertz CT molecular complexity index is 695. The first-order valence-electron chi connectivity index (χ1n) is 8.25. The van der Waals surface area contributed by atoms with Crippen LogP contribution < -0.4 is 5.32 Å². The highest BCUT2D eigenvalue weighted by molar-refractivity contribution is 7.99. The molecule has 26 heavy (non-hydrogen) atoms. The van der Waals surface area contributed by atoms with Crippen molar-refractivity contribution in [2.75, 3.05) is 20.6 Å². The third-order valence-corrected chi connectivity index (χ3v) is 6.35. The molecule has 0 radical (unpaired) electrons. The number of benzene rings is 1. The lowest BCUT2D eigenvalue weighted by atomic mass is 9.91. The molecule has 1 aromatic rings. The Kier molecular flexibility index (Phi) is 5.21. The standard InChI is InChI=1S/C17H20F3N3O2S/c1-22-14-13(15(24)23(2)16(22)25)12(7-8-21-14)26-9-10-3-5-11(6-4-10)17(18,19)20/h3-6,12-14,21H,7-9H2,1-2H3. The average Bonchev–Trinajstić information content (AvgIpc) is 2.62. The Hall–Kier alpha value is -1.74. The number of imide groups is 1. The van der Waals surface area contributed by atoms with Gasteiger partial charge in [-0.1, -0.05) is 12.1 Å². The number of rotatable bonds is 3. The lowest BCUT2D eigenvalue weighted by molar-refractivity contribution is -0.139. The van der Waals surface area contributed by atoms with Crippen molar-refractivity contribution < 1.29 is 22.8 Å². The summed E-state index contributed by atoms with van der Waals surface area (Å²) >= 11 is 1.55. The number of hydrogen-bond donors (Lipinski definition) is 1. The molecule has 3 atom stereocenters. The fraction of sp³-hybridized carbons (Fsp3) is 0.529. The molecule has 2 heterocycles. The van der Waals surface area contributed by atoms with Gasteiger partial charge in [0.1, 0.15) is 0 Å². The largest absolute Gasteiger partial charge is 0.416 e. The number of nitrogens with one attached hydrogen (secondary N) is 1. The first-order chi connectivity index (χ1) is 12.2. The van der Waals surface area contributed by atoms with Crippen molar-refractivity contribution in [1.82, 2.24) is 15.1 Å². The Balaban J connectivity index is 1.69. The van der Waals surface area contributed by atoms with Gasteiger partial charge in [-0.25, -0.2) is 4.79 Å². The molecule has 1 N–H and O–H groups in total. The monoisotopic (exact) mass is 387 g/mol. The number of hydrogen-bond acceptors (Lipinski definition) is 4. The summed E-state index contributed by atoms with van der Waals surface area (Å²) in [7, 11) is 3.14. The smallest absolute Gasteiger partial charge is 0.311 e. The van der Waals surface area contributed by atoms with Crippen LogP contribution in [0.3, 0.4) is 0 Å². The first-order valence-corrected chi connectivity index (χ1v) is 9.30. The topological polar surface area (TPSA) is 52.7 Å². The lowest BCUT2D eigenvalue weighted by Gasteiger charge is -2.47. The van der Waals surface area contributed by atoms with Gasteiger partial charge in [-0.2, -0.15) is 24.9 Å². The average molecular weight is 387 g/mol. The second-order valence-electron chi connectivity index (χ2n) is 6.55. The summed E-state index contributed by atoms with van der Waals surface area (Å²) in [6.45, 7) is 0.681. The van der Waals surface area contributed by atoms with Crippen LogP contribution >= 0.6 is 11.8 Å². The van der Waals surface area contributed by atoms with E-state index in [2.05, 4.69) is 5.32 Å². The lowest BCUT2D eigenvalue weighted by Crippen LogP contribution is -2.68. The quantitative estimate of drug-likeness (QED) is 0.867. The van der Waals surface area contributed by atoms with Gasteiger partial charge in [0.25, 0.3) is 0 Å². The third-order valence-electron chi connectivity index (χ3n) is 4.89. The molecule has 3 rings (SSSR count). The maximum Gasteiger partial charge on any atom is 0.416 e. The van der Waals surface area contributed by atoms with E-state index in [1.165, 1.54) is 24.1 Å². The minimum atomic E-state index is -4.34. The van der Waals surface area contributed by atoms with Crippen molar-refractivity contribution in [3.05, 3.63) is 35.4 Å². The molecule has 1 aromatic carbocycles. The Labute approximate surface area is 153 Å². The van der Waals surface area contributed by atoms with Crippen molar-refractivity contribution in [2.24, 2.45) is 5.92 Å². The number of amides is 3. The molecule has 9 heteroatoms. The van der Waals surface area contributed by atoms with Crippen LogP contribution in [0.4, 0.5) is 18.0 Å². The summed E-state index contributed by atoms with van der Waals surface area (Å²) in [5.41, 5.74) is 0.108. The van der Waals surface area contributed by atoms with Crippen LogP contribution in [0.5, 0.6) is 0 Å². The van der Waals surface area contributed by atoms with E-state index in [1.807, 2.05) is 0 Å². The van der Waals surface area contributed by atoms with Crippen molar-refractivity contribution in [3.63, 3.8) is 0 Å². The number of fused-ring (bicyclic) bond motifs is 1. The molecule has 3 amide bonds. The SMILES string of the molecule is CN1C(=O)C2C(SCc3ccc(C(F)(F)F)cc3)CCNC2N(C)C1=O. The highest BCUT2D eigenvalue weighted by Crippen LogP contribution is 2.36. The number of carbonyl (C=O) groups is 2. The molecule has 2 aliphatic heterocycles. The number of nitrogens with zero attached hydrogens (tertiary/aromatic N) is 2. The summed E-state index contributed by atoms with van der Waals surface area (Å²) < 4.78 is 37.9. The van der Waals surface area contributed by atoms with Gasteiger partial charge in [0.2, 0.25) is 5.91 Å². The zero-order chi connectivity index (χ0) is 19.1. The van der Waals surface area contributed by atoms with Gasteiger partial charge in [-0.3, -0.25) is 15.0 Å². The second kappa shape index (κ2) is 7.11. The van der Waals surface area contributed by atoms with Crippen molar-refractivity contribution in [2.45, 2.75) is 29.8 Å². The number of urea groups is 1. The molecule has 0 saturated carbocycles. The highest BCUT2D eigenvalue weighted by atomic mass is 32.2. The predicted molar refractivity (Wildman–Crippen MR) is 92.4 cm³/mol. The summed E-state index contributed by atoms with van der Waals surface area (Å²) in [6, 6.07) is 4.76. The predicted octanol–water partition coefficient (Wildman–Crippen LogP) is 2.77. The Morgan fingerprint density at radius 1 is 1.19 bits per heavy atom. The van der Waals surface area contributed by atoms with E-state index in [0.717, 1.165) is 29.0 Å². The fourth-order valence-corrected chi connectivity index (χ4v) is 4.76. The molecular weight excluding hydrogens is 367 g/mol. The summed E-state index contributed by atoms with van der Waals surface area (Å²) in [5, 5.41) is 3.22. The fourth-order valence-electron chi connectivity index (χ4n) is 3.41. The van der Waals surface area contributed by atoms with Crippen LogP contribution in [0, 0.1) is 5.92 Å². The maximum atomic E-state index is 12.6. The van der Waals surface area contributed by atoms with Gasteiger partial charge >= 0.3 is 12.2 Å². The minimum Gasteiger partial charge on any atom is -0.311 e. The van der Waals surface area contributed by atoms with Gasteiger partial charge in [0.15, 0.2) is 0 Å². The molecule has 2 saturated heterocycles. The minimum absolute atomic E-state index is 0.00552.